The van der Waals surface area contributed by atoms with Gasteiger partial charge in [-0.3, -0.25) is 9.59 Å². The fourth-order valence-electron chi connectivity index (χ4n) is 2.45. The molecule has 1 aliphatic heterocycles. The minimum atomic E-state index is -0.348. The molecular weight excluding hydrogens is 284 g/mol. The first kappa shape index (κ1) is 13.5. The van der Waals surface area contributed by atoms with Gasteiger partial charge in [0.05, 0.1) is 16.8 Å². The monoisotopic (exact) mass is 296 g/mol. The number of carbonyl (C=O) groups is 2. The van der Waals surface area contributed by atoms with E-state index in [1.165, 1.54) is 0 Å². The number of anilines is 1. The van der Waals surface area contributed by atoms with Gasteiger partial charge in [0.1, 0.15) is 4.99 Å². The summed E-state index contributed by atoms with van der Waals surface area (Å²) < 4.78 is 0. The lowest BCUT2D eigenvalue weighted by Gasteiger charge is -2.17. The quantitative estimate of drug-likeness (QED) is 0.683. The van der Waals surface area contributed by atoms with Gasteiger partial charge in [-0.15, -0.1) is 0 Å². The van der Waals surface area contributed by atoms with E-state index in [1.807, 2.05) is 13.0 Å². The van der Waals surface area contributed by atoms with Gasteiger partial charge in [0, 0.05) is 5.56 Å². The number of aryl methyl sites for hydroxylation is 1. The highest BCUT2D eigenvalue weighted by Gasteiger charge is 2.37. The van der Waals surface area contributed by atoms with E-state index in [0.29, 0.717) is 22.4 Å². The summed E-state index contributed by atoms with van der Waals surface area (Å²) in [5, 5.41) is 0. The molecule has 0 spiro atoms. The third-order valence-corrected chi connectivity index (χ3v) is 3.67. The van der Waals surface area contributed by atoms with E-state index in [1.54, 1.807) is 36.4 Å². The summed E-state index contributed by atoms with van der Waals surface area (Å²) in [7, 11) is 0. The molecule has 3 rings (SSSR count). The van der Waals surface area contributed by atoms with Gasteiger partial charge in [-0.05, 0) is 31.2 Å². The summed E-state index contributed by atoms with van der Waals surface area (Å²) in [5.41, 5.74) is 8.37. The second-order valence-electron chi connectivity index (χ2n) is 4.88. The average molecular weight is 296 g/mol. The van der Waals surface area contributed by atoms with Gasteiger partial charge >= 0.3 is 0 Å². The van der Waals surface area contributed by atoms with E-state index in [9.17, 15) is 9.59 Å². The minimum absolute atomic E-state index is 0.151. The molecule has 4 nitrogen and oxygen atoms in total. The number of nitrogens with two attached hydrogens (primary N) is 1. The van der Waals surface area contributed by atoms with E-state index < -0.39 is 0 Å². The highest BCUT2D eigenvalue weighted by atomic mass is 32.1. The van der Waals surface area contributed by atoms with Crippen LogP contribution in [0.25, 0.3) is 0 Å². The molecule has 0 unspecified atom stereocenters. The molecule has 0 aliphatic carbocycles. The van der Waals surface area contributed by atoms with E-state index >= 15 is 0 Å². The summed E-state index contributed by atoms with van der Waals surface area (Å²) in [5.74, 6) is -0.693. The number of fused-ring (bicyclic) bond motifs is 1. The smallest absolute Gasteiger partial charge is 0.266 e. The van der Waals surface area contributed by atoms with Crippen molar-refractivity contribution in [3.63, 3.8) is 0 Å². The minimum Gasteiger partial charge on any atom is -0.389 e. The molecule has 1 heterocycles. The van der Waals surface area contributed by atoms with Crippen molar-refractivity contribution in [2.24, 2.45) is 5.73 Å². The van der Waals surface area contributed by atoms with E-state index in [-0.39, 0.29) is 16.8 Å². The molecule has 2 aromatic rings. The molecule has 0 fully saturated rings. The first-order valence-corrected chi connectivity index (χ1v) is 6.80. The van der Waals surface area contributed by atoms with Crippen LogP contribution in [0.3, 0.4) is 0 Å². The standard InChI is InChI=1S/C16H12N2O2S/c1-9-6-7-10-12(8-9)16(20)18(15(10)19)13-5-3-2-4-11(13)14(17)21/h2-8H,1H3,(H2,17,21). The second kappa shape index (κ2) is 4.79. The number of amides is 2. The molecule has 0 atom stereocenters. The van der Waals surface area contributed by atoms with Crippen molar-refractivity contribution in [1.29, 1.82) is 0 Å². The summed E-state index contributed by atoms with van der Waals surface area (Å²) >= 11 is 5.00. The van der Waals surface area contributed by atoms with Crippen molar-refractivity contribution in [3.8, 4) is 0 Å². The van der Waals surface area contributed by atoms with Gasteiger partial charge in [-0.1, -0.05) is 36.0 Å². The Morgan fingerprint density at radius 1 is 1.05 bits per heavy atom. The van der Waals surface area contributed by atoms with Crippen LogP contribution in [0.2, 0.25) is 0 Å². The van der Waals surface area contributed by atoms with Crippen molar-refractivity contribution < 1.29 is 9.59 Å². The van der Waals surface area contributed by atoms with Crippen LogP contribution >= 0.6 is 12.2 Å². The molecule has 2 amide bonds. The van der Waals surface area contributed by atoms with Gasteiger partial charge in [-0.2, -0.15) is 0 Å². The Labute approximate surface area is 127 Å². The number of imide groups is 1. The Morgan fingerprint density at radius 3 is 2.43 bits per heavy atom. The SMILES string of the molecule is Cc1ccc2c(c1)C(=O)N(c1ccccc1C(N)=S)C2=O. The molecule has 0 bridgehead atoms. The van der Waals surface area contributed by atoms with Crippen LogP contribution < -0.4 is 10.6 Å². The molecule has 0 saturated heterocycles. The zero-order valence-electron chi connectivity index (χ0n) is 11.3. The van der Waals surface area contributed by atoms with Crippen molar-refractivity contribution in [2.45, 2.75) is 6.92 Å². The van der Waals surface area contributed by atoms with Crippen molar-refractivity contribution >= 4 is 34.7 Å². The molecule has 21 heavy (non-hydrogen) atoms. The maximum absolute atomic E-state index is 12.6. The number of thiocarbonyl (C=S) groups is 1. The van der Waals surface area contributed by atoms with Crippen LogP contribution in [0.15, 0.2) is 42.5 Å². The largest absolute Gasteiger partial charge is 0.389 e. The fraction of sp³-hybridized carbons (Fsp3) is 0.0625. The number of para-hydroxylation sites is 1. The molecule has 2 N–H and O–H groups in total. The van der Waals surface area contributed by atoms with Gasteiger partial charge in [-0.25, -0.2) is 4.90 Å². The van der Waals surface area contributed by atoms with Crippen LogP contribution in [0.1, 0.15) is 31.8 Å². The van der Waals surface area contributed by atoms with Crippen molar-refractivity contribution in [2.75, 3.05) is 4.90 Å². The van der Waals surface area contributed by atoms with Crippen molar-refractivity contribution in [1.82, 2.24) is 0 Å². The first-order valence-electron chi connectivity index (χ1n) is 6.39. The van der Waals surface area contributed by atoms with Gasteiger partial charge in [0.15, 0.2) is 0 Å². The zero-order chi connectivity index (χ0) is 15.1. The number of nitrogens with zero attached hydrogens (tertiary/aromatic N) is 1. The van der Waals surface area contributed by atoms with Gasteiger partial charge in [0.2, 0.25) is 0 Å². The van der Waals surface area contributed by atoms with Crippen LogP contribution in [0, 0.1) is 6.92 Å². The number of hydrogen-bond donors (Lipinski definition) is 1. The summed E-state index contributed by atoms with van der Waals surface area (Å²) in [6.07, 6.45) is 0. The van der Waals surface area contributed by atoms with Gasteiger partial charge in [0.25, 0.3) is 11.8 Å². The first-order chi connectivity index (χ1) is 10.0. The topological polar surface area (TPSA) is 63.4 Å². The number of carbonyl (C=O) groups excluding carboxylic acids is 2. The lowest BCUT2D eigenvalue weighted by Crippen LogP contribution is -2.31. The van der Waals surface area contributed by atoms with Crippen LogP contribution in [-0.2, 0) is 0 Å². The van der Waals surface area contributed by atoms with Crippen molar-refractivity contribution in [3.05, 3.63) is 64.7 Å². The normalized spacial score (nSPS) is 13.5. The van der Waals surface area contributed by atoms with E-state index in [2.05, 4.69) is 0 Å². The lowest BCUT2D eigenvalue weighted by molar-refractivity contribution is 0.0926. The Balaban J connectivity index is 2.17. The molecule has 0 radical (unpaired) electrons. The summed E-state index contributed by atoms with van der Waals surface area (Å²) in [6, 6.07) is 12.1. The summed E-state index contributed by atoms with van der Waals surface area (Å²) in [6.45, 7) is 1.88. The second-order valence-corrected chi connectivity index (χ2v) is 5.32. The molecule has 104 valence electrons. The van der Waals surface area contributed by atoms with E-state index in [0.717, 1.165) is 10.5 Å². The average Bonchev–Trinajstić information content (AvgIpc) is 2.70. The highest BCUT2D eigenvalue weighted by molar-refractivity contribution is 7.80. The predicted molar refractivity (Wildman–Crippen MR) is 84.6 cm³/mol. The molecule has 0 saturated carbocycles. The predicted octanol–water partition coefficient (Wildman–Crippen LogP) is 2.43. The van der Waals surface area contributed by atoms with Gasteiger partial charge < -0.3 is 5.73 Å². The maximum atomic E-state index is 12.6. The third kappa shape index (κ3) is 2.02. The number of hydrogen-bond acceptors (Lipinski definition) is 3. The van der Waals surface area contributed by atoms with Crippen LogP contribution in [0.4, 0.5) is 5.69 Å². The Kier molecular flexibility index (Phi) is 3.07. The maximum Gasteiger partial charge on any atom is 0.266 e. The fourth-order valence-corrected chi connectivity index (χ4v) is 2.62. The summed E-state index contributed by atoms with van der Waals surface area (Å²) in [4.78, 5) is 26.4. The highest BCUT2D eigenvalue weighted by Crippen LogP contribution is 2.31. The molecule has 5 heteroatoms. The van der Waals surface area contributed by atoms with E-state index in [4.69, 9.17) is 18.0 Å². The molecule has 2 aromatic carbocycles. The van der Waals surface area contributed by atoms with Crippen LogP contribution in [0.5, 0.6) is 0 Å². The molecular formula is C16H12N2O2S. The molecule has 1 aliphatic rings. The molecule has 0 aromatic heterocycles. The third-order valence-electron chi connectivity index (χ3n) is 3.45. The Morgan fingerprint density at radius 2 is 1.71 bits per heavy atom. The zero-order valence-corrected chi connectivity index (χ0v) is 12.1. The number of rotatable bonds is 2. The number of benzene rings is 2. The Hall–Kier alpha value is -2.53. The Bertz CT molecular complexity index is 799. The van der Waals surface area contributed by atoms with Crippen LogP contribution in [-0.4, -0.2) is 16.8 Å². The lowest BCUT2D eigenvalue weighted by atomic mass is 10.1.